The molecule has 7 atom stereocenters. The molecule has 1 unspecified atom stereocenters. The maximum absolute atomic E-state index is 14.7. The number of esters is 2. The van der Waals surface area contributed by atoms with Crippen molar-refractivity contribution in [2.45, 2.75) is 131 Å². The lowest BCUT2D eigenvalue weighted by molar-refractivity contribution is -0.160. The van der Waals surface area contributed by atoms with Crippen molar-refractivity contribution >= 4 is 47.0 Å². The number of nitrogens with one attached hydrogen (secondary N) is 2. The fourth-order valence-corrected chi connectivity index (χ4v) is 7.29. The first-order valence-corrected chi connectivity index (χ1v) is 20.6. The van der Waals surface area contributed by atoms with Gasteiger partial charge in [0.05, 0.1) is 12.0 Å². The largest absolute Gasteiger partial charge is 0.508 e. The summed E-state index contributed by atoms with van der Waals surface area (Å²) < 4.78 is 11.4. The normalized spacial score (nSPS) is 15.1. The van der Waals surface area contributed by atoms with Crippen LogP contribution in [0.3, 0.4) is 0 Å². The van der Waals surface area contributed by atoms with Crippen LogP contribution in [0.25, 0.3) is 0 Å². The minimum absolute atomic E-state index is 0.0267. The molecule has 0 fully saturated rings. The fraction of sp³-hybridized carbons (Fsp3) is 0.634. The van der Waals surface area contributed by atoms with Crippen LogP contribution < -0.4 is 10.6 Å². The second-order valence-electron chi connectivity index (χ2n) is 15.2. The molecule has 3 amide bonds. The number of carbonyl (C=O) groups is 6. The van der Waals surface area contributed by atoms with E-state index in [0.29, 0.717) is 25.7 Å². The molecule has 318 valence electrons. The Kier molecular flexibility index (Phi) is 20.1. The number of phenolic OH excluding ortho intramolecular Hbond substituents is 1. The van der Waals surface area contributed by atoms with E-state index in [0.717, 1.165) is 16.9 Å². The molecule has 0 aliphatic heterocycles. The van der Waals surface area contributed by atoms with E-state index >= 15 is 0 Å². The van der Waals surface area contributed by atoms with Crippen molar-refractivity contribution in [3.05, 3.63) is 45.9 Å². The van der Waals surface area contributed by atoms with Gasteiger partial charge in [-0.3, -0.25) is 33.7 Å². The predicted octanol–water partition coefficient (Wildman–Crippen LogP) is 5.32. The summed E-state index contributed by atoms with van der Waals surface area (Å²) in [6.45, 7) is 13.7. The van der Waals surface area contributed by atoms with E-state index in [1.165, 1.54) is 29.3 Å². The molecule has 15 nitrogen and oxygen atoms in total. The lowest BCUT2D eigenvalue weighted by atomic mass is 9.92. The number of hydrogen-bond donors (Lipinski definition) is 4. The number of aliphatic carboxylic acids is 1. The predicted molar refractivity (Wildman–Crippen MR) is 216 cm³/mol. The van der Waals surface area contributed by atoms with Crippen LogP contribution in [0, 0.1) is 17.8 Å². The third kappa shape index (κ3) is 15.4. The maximum Gasteiger partial charge on any atom is 0.307 e. The minimum Gasteiger partial charge on any atom is -0.508 e. The Hall–Kier alpha value is -4.57. The monoisotopic (exact) mass is 817 g/mol. The van der Waals surface area contributed by atoms with Gasteiger partial charge in [-0.2, -0.15) is 0 Å². The van der Waals surface area contributed by atoms with Gasteiger partial charge in [0.25, 0.3) is 5.91 Å². The van der Waals surface area contributed by atoms with Crippen LogP contribution in [0.1, 0.15) is 121 Å². The SMILES string of the molecule is CCCC(=O)OCN(C(=O)[C@H](NC(=O)[C@H](CC)N(C)C)C(C)CC)[C@@H](C[C@H](OC(C)=O)c1nc(C(=O)N[C@H](Cc2ccc(O)cc2)C[C@@H](C)C(=O)O)cs1)C(C)C. The van der Waals surface area contributed by atoms with Crippen molar-refractivity contribution in [3.63, 3.8) is 0 Å². The molecule has 0 saturated carbocycles. The van der Waals surface area contributed by atoms with E-state index in [-0.39, 0.29) is 53.5 Å². The molecule has 16 heteroatoms. The summed E-state index contributed by atoms with van der Waals surface area (Å²) >= 11 is 1.09. The number of hydrogen-bond acceptors (Lipinski definition) is 12. The van der Waals surface area contributed by atoms with Gasteiger partial charge in [-0.05, 0) is 69.3 Å². The number of ether oxygens (including phenoxy) is 2. The Morgan fingerprint density at radius 1 is 0.930 bits per heavy atom. The number of carbonyl (C=O) groups excluding carboxylic acids is 5. The highest BCUT2D eigenvalue weighted by molar-refractivity contribution is 7.09. The number of phenols is 1. The van der Waals surface area contributed by atoms with E-state index in [9.17, 15) is 39.0 Å². The Morgan fingerprint density at radius 2 is 1.58 bits per heavy atom. The molecule has 0 bridgehead atoms. The van der Waals surface area contributed by atoms with Gasteiger partial charge >= 0.3 is 17.9 Å². The summed E-state index contributed by atoms with van der Waals surface area (Å²) in [6.07, 6.45) is 1.21. The molecule has 0 radical (unpaired) electrons. The zero-order chi connectivity index (χ0) is 43.0. The third-order valence-corrected chi connectivity index (χ3v) is 10.9. The first kappa shape index (κ1) is 48.6. The Balaban J connectivity index is 2.52. The lowest BCUT2D eigenvalue weighted by Crippen LogP contribution is -2.58. The number of nitrogens with zero attached hydrogens (tertiary/aromatic N) is 3. The molecule has 0 spiro atoms. The number of carboxylic acids is 1. The van der Waals surface area contributed by atoms with Crippen molar-refractivity contribution in [2.75, 3.05) is 20.8 Å². The van der Waals surface area contributed by atoms with E-state index in [2.05, 4.69) is 15.6 Å². The molecule has 1 aromatic heterocycles. The lowest BCUT2D eigenvalue weighted by Gasteiger charge is -2.39. The van der Waals surface area contributed by atoms with Gasteiger partial charge < -0.3 is 35.2 Å². The molecule has 2 aromatic rings. The molecule has 1 aromatic carbocycles. The van der Waals surface area contributed by atoms with Crippen LogP contribution in [0.5, 0.6) is 5.75 Å². The van der Waals surface area contributed by atoms with Crippen LogP contribution in [0.15, 0.2) is 29.6 Å². The zero-order valence-corrected chi connectivity index (χ0v) is 35.9. The quantitative estimate of drug-likeness (QED) is 0.0785. The number of benzene rings is 1. The fourth-order valence-electron chi connectivity index (χ4n) is 6.45. The highest BCUT2D eigenvalue weighted by Crippen LogP contribution is 2.32. The molecule has 57 heavy (non-hydrogen) atoms. The summed E-state index contributed by atoms with van der Waals surface area (Å²) in [6, 6.07) is 3.70. The standard InChI is InChI=1S/C41H63N5O10S/c1-11-14-35(49)55-23-46(40(52)36(25(6)12-2)44-38(51)32(13-3)45(9)10)33(24(4)5)21-34(56-27(8)47)39-43-31(22-57-39)37(50)42-29(19-26(7)41(53)54)20-28-15-17-30(48)18-16-28/h15-18,22,24-26,29,32-34,36,48H,11-14,19-21,23H2,1-10H3,(H,42,50)(H,44,51)(H,53,54)/t25?,26-,29+,32+,33+,34+,36-/m1/s1. The van der Waals surface area contributed by atoms with Gasteiger partial charge in [0.1, 0.15) is 22.5 Å². The van der Waals surface area contributed by atoms with Crippen molar-refractivity contribution in [3.8, 4) is 5.75 Å². The van der Waals surface area contributed by atoms with Crippen molar-refractivity contribution in [2.24, 2.45) is 17.8 Å². The van der Waals surface area contributed by atoms with Gasteiger partial charge in [-0.1, -0.05) is 67.0 Å². The Labute approximate surface area is 340 Å². The number of likely N-dealkylation sites (N-methyl/N-ethyl adjacent to an activating group) is 1. The van der Waals surface area contributed by atoms with E-state index in [1.807, 2.05) is 41.5 Å². The minimum atomic E-state index is -1.02. The molecule has 0 aliphatic carbocycles. The van der Waals surface area contributed by atoms with E-state index in [1.54, 1.807) is 38.1 Å². The van der Waals surface area contributed by atoms with Gasteiger partial charge in [0.2, 0.25) is 11.8 Å². The first-order chi connectivity index (χ1) is 26.8. The number of amides is 3. The summed E-state index contributed by atoms with van der Waals surface area (Å²) in [7, 11) is 3.59. The highest BCUT2D eigenvalue weighted by Gasteiger charge is 2.39. The van der Waals surface area contributed by atoms with Crippen molar-refractivity contribution in [1.82, 2.24) is 25.4 Å². The first-order valence-electron chi connectivity index (χ1n) is 19.7. The summed E-state index contributed by atoms with van der Waals surface area (Å²) in [5.74, 6) is -4.68. The third-order valence-electron chi connectivity index (χ3n) is 9.97. The van der Waals surface area contributed by atoms with Gasteiger partial charge in [0, 0.05) is 37.2 Å². The molecule has 0 aliphatic rings. The Morgan fingerprint density at radius 3 is 2.11 bits per heavy atom. The molecular formula is C41H63N5O10S. The number of aromatic nitrogens is 1. The van der Waals surface area contributed by atoms with Crippen LogP contribution >= 0.6 is 11.3 Å². The van der Waals surface area contributed by atoms with E-state index in [4.69, 9.17) is 9.47 Å². The summed E-state index contributed by atoms with van der Waals surface area (Å²) in [4.78, 5) is 86.4. The van der Waals surface area contributed by atoms with Crippen LogP contribution in [0.2, 0.25) is 0 Å². The number of aromatic hydroxyl groups is 1. The van der Waals surface area contributed by atoms with E-state index < -0.39 is 72.6 Å². The number of thiazole rings is 1. The summed E-state index contributed by atoms with van der Waals surface area (Å²) in [5, 5.41) is 27.0. The molecule has 0 saturated heterocycles. The topological polar surface area (TPSA) is 205 Å². The van der Waals surface area contributed by atoms with Crippen LogP contribution in [0.4, 0.5) is 0 Å². The van der Waals surface area contributed by atoms with Gasteiger partial charge in [-0.25, -0.2) is 4.98 Å². The average molecular weight is 818 g/mol. The highest BCUT2D eigenvalue weighted by atomic mass is 32.1. The molecular weight excluding hydrogens is 755 g/mol. The number of carboxylic acid groups (broad SMARTS) is 1. The smallest absolute Gasteiger partial charge is 0.307 e. The van der Waals surface area contributed by atoms with Crippen LogP contribution in [-0.2, 0) is 39.9 Å². The maximum atomic E-state index is 14.7. The Bertz CT molecular complexity index is 1630. The average Bonchev–Trinajstić information content (AvgIpc) is 3.64. The van der Waals surface area contributed by atoms with Crippen molar-refractivity contribution in [1.29, 1.82) is 0 Å². The van der Waals surface area contributed by atoms with Crippen molar-refractivity contribution < 1.29 is 48.5 Å². The molecule has 2 rings (SSSR count). The molecule has 1 heterocycles. The van der Waals surface area contributed by atoms with Gasteiger partial charge in [0.15, 0.2) is 12.8 Å². The second-order valence-corrected chi connectivity index (χ2v) is 16.1. The van der Waals surface area contributed by atoms with Crippen LogP contribution in [-0.4, -0.2) is 106 Å². The zero-order valence-electron chi connectivity index (χ0n) is 35.1. The summed E-state index contributed by atoms with van der Waals surface area (Å²) in [5.41, 5.74) is 0.807. The second kappa shape index (κ2) is 23.6. The number of rotatable bonds is 24. The van der Waals surface area contributed by atoms with Gasteiger partial charge in [-0.15, -0.1) is 11.3 Å². The molecule has 4 N–H and O–H groups in total.